The third kappa shape index (κ3) is 5.80. The fraction of sp³-hybridized carbons (Fsp3) is 1.00. The minimum absolute atomic E-state index is 0.115. The summed E-state index contributed by atoms with van der Waals surface area (Å²) in [5, 5.41) is 9.87. The molecule has 0 aliphatic rings. The number of hydrogen-bond donors (Lipinski definition) is 0. The lowest BCUT2D eigenvalue weighted by molar-refractivity contribution is 0.0477. The van der Waals surface area contributed by atoms with Crippen LogP contribution < -0.4 is 0 Å². The molecule has 1 unspecified atom stereocenters. The Labute approximate surface area is 56.8 Å². The molecule has 0 rings (SSSR count). The monoisotopic (exact) mass is 131 g/mol. The zero-order valence-electron chi connectivity index (χ0n) is 6.22. The predicted octanol–water partition coefficient (Wildman–Crippen LogP) is 1.48. The lowest BCUT2D eigenvalue weighted by Gasteiger charge is -2.06. The van der Waals surface area contributed by atoms with Crippen LogP contribution in [0.5, 0.6) is 0 Å². The second kappa shape index (κ2) is 6.05. The van der Waals surface area contributed by atoms with Gasteiger partial charge < -0.3 is 4.74 Å². The minimum Gasteiger partial charge on any atom is -0.379 e. The van der Waals surface area contributed by atoms with E-state index in [9.17, 15) is 5.11 Å². The first-order chi connectivity index (χ1) is 4.31. The first-order valence-electron chi connectivity index (χ1n) is 3.47. The second-order valence-corrected chi connectivity index (χ2v) is 2.29. The summed E-state index contributed by atoms with van der Waals surface area (Å²) >= 11 is 0. The predicted molar refractivity (Wildman–Crippen MR) is 35.8 cm³/mol. The van der Waals surface area contributed by atoms with E-state index in [1.807, 2.05) is 0 Å². The van der Waals surface area contributed by atoms with Crippen LogP contribution in [0.2, 0.25) is 0 Å². The fourth-order valence-corrected chi connectivity index (χ4v) is 0.461. The maximum atomic E-state index is 9.87. The molecule has 0 fully saturated rings. The molecular formula is C7H15O2. The molecule has 1 radical (unpaired) electrons. The third-order valence-electron chi connectivity index (χ3n) is 1.33. The molecule has 55 valence electrons. The van der Waals surface area contributed by atoms with Crippen LogP contribution in [0.25, 0.3) is 0 Å². The maximum Gasteiger partial charge on any atom is 0.106 e. The van der Waals surface area contributed by atoms with Crippen LogP contribution in [0.3, 0.4) is 0 Å². The molecule has 0 aliphatic heterocycles. The molecule has 0 N–H and O–H groups in total. The number of hydrogen-bond acceptors (Lipinski definition) is 1. The van der Waals surface area contributed by atoms with E-state index in [1.54, 1.807) is 0 Å². The Bertz CT molecular complexity index is 54.9. The Morgan fingerprint density at radius 3 is 2.67 bits per heavy atom. The molecule has 0 amide bonds. The third-order valence-corrected chi connectivity index (χ3v) is 1.33. The van der Waals surface area contributed by atoms with Crippen LogP contribution in [0, 0.1) is 5.92 Å². The van der Waals surface area contributed by atoms with Crippen LogP contribution in [-0.4, -0.2) is 19.8 Å². The summed E-state index contributed by atoms with van der Waals surface area (Å²) in [5.74, 6) is 0.594. The maximum absolute atomic E-state index is 9.87. The van der Waals surface area contributed by atoms with Crippen molar-refractivity contribution in [2.24, 2.45) is 5.92 Å². The van der Waals surface area contributed by atoms with Gasteiger partial charge in [0.1, 0.15) is 6.61 Å². The average molecular weight is 131 g/mol. The van der Waals surface area contributed by atoms with Gasteiger partial charge in [-0.15, -0.1) is 0 Å². The highest BCUT2D eigenvalue weighted by Gasteiger charge is 1.96. The van der Waals surface area contributed by atoms with Gasteiger partial charge in [-0.25, -0.2) is 5.11 Å². The molecule has 0 saturated carbocycles. The molecule has 0 bridgehead atoms. The molecule has 0 saturated heterocycles. The molecule has 0 spiro atoms. The molecular weight excluding hydrogens is 116 g/mol. The van der Waals surface area contributed by atoms with E-state index in [2.05, 4.69) is 13.8 Å². The van der Waals surface area contributed by atoms with Crippen molar-refractivity contribution < 1.29 is 9.84 Å². The van der Waals surface area contributed by atoms with Crippen molar-refractivity contribution in [1.29, 1.82) is 0 Å². The van der Waals surface area contributed by atoms with Crippen molar-refractivity contribution in [3.05, 3.63) is 0 Å². The SMILES string of the molecule is CCC(C)COCC[O]. The summed E-state index contributed by atoms with van der Waals surface area (Å²) in [5.41, 5.74) is 0. The van der Waals surface area contributed by atoms with Crippen molar-refractivity contribution in [3.63, 3.8) is 0 Å². The Hall–Kier alpha value is -0.0800. The van der Waals surface area contributed by atoms with E-state index in [1.165, 1.54) is 0 Å². The van der Waals surface area contributed by atoms with Gasteiger partial charge in [-0.2, -0.15) is 0 Å². The first-order valence-corrected chi connectivity index (χ1v) is 3.47. The fourth-order valence-electron chi connectivity index (χ4n) is 0.461. The molecule has 2 heteroatoms. The van der Waals surface area contributed by atoms with E-state index in [-0.39, 0.29) is 6.61 Å². The summed E-state index contributed by atoms with van der Waals surface area (Å²) in [4.78, 5) is 0. The molecule has 0 aromatic heterocycles. The largest absolute Gasteiger partial charge is 0.379 e. The van der Waals surface area contributed by atoms with Crippen molar-refractivity contribution in [2.75, 3.05) is 19.8 Å². The van der Waals surface area contributed by atoms with E-state index in [0.29, 0.717) is 12.5 Å². The smallest absolute Gasteiger partial charge is 0.106 e. The molecule has 2 nitrogen and oxygen atoms in total. The van der Waals surface area contributed by atoms with Crippen molar-refractivity contribution in [2.45, 2.75) is 20.3 Å². The molecule has 0 aliphatic carbocycles. The summed E-state index contributed by atoms with van der Waals surface area (Å²) in [6, 6.07) is 0. The number of ether oxygens (including phenoxy) is 1. The lowest BCUT2D eigenvalue weighted by Crippen LogP contribution is -2.06. The van der Waals surface area contributed by atoms with Crippen LogP contribution in [0.15, 0.2) is 0 Å². The quantitative estimate of drug-likeness (QED) is 0.519. The Kier molecular flexibility index (Phi) is 5.99. The van der Waals surface area contributed by atoms with Gasteiger partial charge in [-0.05, 0) is 5.92 Å². The zero-order valence-corrected chi connectivity index (χ0v) is 6.22. The van der Waals surface area contributed by atoms with E-state index >= 15 is 0 Å². The van der Waals surface area contributed by atoms with Crippen molar-refractivity contribution in [3.8, 4) is 0 Å². The topological polar surface area (TPSA) is 29.1 Å². The Balaban J connectivity index is 2.88. The minimum atomic E-state index is -0.115. The van der Waals surface area contributed by atoms with Gasteiger partial charge in [-0.3, -0.25) is 0 Å². The van der Waals surface area contributed by atoms with Crippen LogP contribution in [0.1, 0.15) is 20.3 Å². The highest BCUT2D eigenvalue weighted by molar-refractivity contribution is 4.45. The molecule has 0 heterocycles. The van der Waals surface area contributed by atoms with E-state index in [0.717, 1.165) is 13.0 Å². The summed E-state index contributed by atoms with van der Waals surface area (Å²) in [6.07, 6.45) is 1.12. The Morgan fingerprint density at radius 1 is 1.56 bits per heavy atom. The second-order valence-electron chi connectivity index (χ2n) is 2.29. The number of rotatable bonds is 5. The van der Waals surface area contributed by atoms with Gasteiger partial charge in [0.25, 0.3) is 0 Å². The van der Waals surface area contributed by atoms with Crippen LogP contribution >= 0.6 is 0 Å². The average Bonchev–Trinajstić information content (AvgIpc) is 1.89. The van der Waals surface area contributed by atoms with Gasteiger partial charge in [0.2, 0.25) is 0 Å². The highest BCUT2D eigenvalue weighted by Crippen LogP contribution is 1.99. The van der Waals surface area contributed by atoms with Gasteiger partial charge in [0.05, 0.1) is 6.61 Å². The van der Waals surface area contributed by atoms with Gasteiger partial charge in [0.15, 0.2) is 0 Å². The molecule has 0 aromatic carbocycles. The van der Waals surface area contributed by atoms with Crippen LogP contribution in [-0.2, 0) is 9.84 Å². The van der Waals surface area contributed by atoms with Gasteiger partial charge >= 0.3 is 0 Å². The van der Waals surface area contributed by atoms with E-state index < -0.39 is 0 Å². The van der Waals surface area contributed by atoms with Gasteiger partial charge in [-0.1, -0.05) is 20.3 Å². The zero-order chi connectivity index (χ0) is 7.11. The Morgan fingerprint density at radius 2 is 2.22 bits per heavy atom. The van der Waals surface area contributed by atoms with Crippen LogP contribution in [0.4, 0.5) is 0 Å². The van der Waals surface area contributed by atoms with Gasteiger partial charge in [0, 0.05) is 6.61 Å². The van der Waals surface area contributed by atoms with E-state index in [4.69, 9.17) is 4.74 Å². The van der Waals surface area contributed by atoms with Crippen molar-refractivity contribution >= 4 is 0 Å². The summed E-state index contributed by atoms with van der Waals surface area (Å²) in [6.45, 7) is 5.22. The first kappa shape index (κ1) is 8.92. The normalized spacial score (nSPS) is 13.7. The molecule has 1 atom stereocenters. The van der Waals surface area contributed by atoms with Crippen molar-refractivity contribution in [1.82, 2.24) is 0 Å². The lowest BCUT2D eigenvalue weighted by atomic mass is 10.1. The molecule has 0 aromatic rings. The highest BCUT2D eigenvalue weighted by atomic mass is 16.5. The molecule has 9 heavy (non-hydrogen) atoms. The standard InChI is InChI=1S/C7H15O2/c1-3-7(2)6-9-5-4-8/h7H,3-6H2,1-2H3. The summed E-state index contributed by atoms with van der Waals surface area (Å²) < 4.78 is 5.02. The summed E-state index contributed by atoms with van der Waals surface area (Å²) in [7, 11) is 0.